The van der Waals surface area contributed by atoms with Crippen LogP contribution < -0.4 is 9.64 Å². The van der Waals surface area contributed by atoms with Gasteiger partial charge >= 0.3 is 0 Å². The molecule has 2 aliphatic rings. The van der Waals surface area contributed by atoms with E-state index in [0.717, 1.165) is 11.3 Å². The monoisotopic (exact) mass is 422 g/mol. The maximum absolute atomic E-state index is 13.9. The number of piperidine rings is 1. The molecule has 2 atom stereocenters. The number of amides is 2. The Kier molecular flexibility index (Phi) is 5.81. The quantitative estimate of drug-likeness (QED) is 0.667. The number of carbonyl (C=O) groups is 2. The number of ether oxygens (including phenoxy) is 1. The van der Waals surface area contributed by atoms with Crippen molar-refractivity contribution in [1.29, 1.82) is 0 Å². The fourth-order valence-corrected chi connectivity index (χ4v) is 4.65. The third-order valence-corrected chi connectivity index (χ3v) is 5.76. The molecule has 6 heteroatoms. The Labute approximate surface area is 182 Å². The lowest BCUT2D eigenvalue weighted by molar-refractivity contribution is -0.120. The van der Waals surface area contributed by atoms with Crippen LogP contribution in [-0.2, 0) is 9.59 Å². The van der Waals surface area contributed by atoms with E-state index in [1.807, 2.05) is 11.8 Å². The van der Waals surface area contributed by atoms with Crippen LogP contribution in [0.5, 0.6) is 5.75 Å². The van der Waals surface area contributed by atoms with Crippen molar-refractivity contribution < 1.29 is 18.7 Å². The van der Waals surface area contributed by atoms with E-state index in [4.69, 9.17) is 4.74 Å². The lowest BCUT2D eigenvalue weighted by Gasteiger charge is -2.37. The third-order valence-electron chi connectivity index (χ3n) is 5.76. The van der Waals surface area contributed by atoms with Gasteiger partial charge in [0.2, 0.25) is 0 Å². The van der Waals surface area contributed by atoms with E-state index in [-0.39, 0.29) is 5.69 Å². The maximum atomic E-state index is 13.9. The van der Waals surface area contributed by atoms with E-state index in [2.05, 4.69) is 13.8 Å². The summed E-state index contributed by atoms with van der Waals surface area (Å²) >= 11 is 0. The second-order valence-corrected chi connectivity index (χ2v) is 8.46. The molecule has 0 aromatic heterocycles. The lowest BCUT2D eigenvalue weighted by atomic mass is 9.91. The molecular formula is C25H27FN2O3. The Morgan fingerprint density at radius 3 is 2.29 bits per heavy atom. The maximum Gasteiger partial charge on any atom is 0.282 e. The lowest BCUT2D eigenvalue weighted by Crippen LogP contribution is -2.42. The van der Waals surface area contributed by atoms with Gasteiger partial charge in [-0.25, -0.2) is 9.29 Å². The third kappa shape index (κ3) is 4.07. The molecule has 0 aliphatic carbocycles. The van der Waals surface area contributed by atoms with Gasteiger partial charge in [-0.05, 0) is 61.1 Å². The number of imide groups is 1. The van der Waals surface area contributed by atoms with Crippen molar-refractivity contribution in [3.05, 3.63) is 65.6 Å². The van der Waals surface area contributed by atoms with E-state index in [1.165, 1.54) is 18.2 Å². The first-order valence-electron chi connectivity index (χ1n) is 10.8. The largest absolute Gasteiger partial charge is 0.494 e. The molecule has 0 N–H and O–H groups in total. The molecule has 0 bridgehead atoms. The van der Waals surface area contributed by atoms with Crippen LogP contribution in [0.1, 0.15) is 32.8 Å². The minimum Gasteiger partial charge on any atom is -0.494 e. The normalized spacial score (nSPS) is 21.8. The molecule has 2 aliphatic heterocycles. The van der Waals surface area contributed by atoms with Gasteiger partial charge in [0, 0.05) is 13.1 Å². The van der Waals surface area contributed by atoms with Gasteiger partial charge in [-0.3, -0.25) is 9.59 Å². The van der Waals surface area contributed by atoms with E-state index in [9.17, 15) is 14.0 Å². The second-order valence-electron chi connectivity index (χ2n) is 8.46. The molecule has 0 spiro atoms. The number of benzene rings is 2. The fraction of sp³-hybridized carbons (Fsp3) is 0.360. The van der Waals surface area contributed by atoms with Gasteiger partial charge < -0.3 is 9.64 Å². The minimum atomic E-state index is -0.491. The molecule has 2 amide bonds. The summed E-state index contributed by atoms with van der Waals surface area (Å²) in [6.07, 6.45) is 1.08. The first-order valence-corrected chi connectivity index (χ1v) is 10.8. The van der Waals surface area contributed by atoms with Crippen LogP contribution in [0.15, 0.2) is 54.2 Å². The van der Waals surface area contributed by atoms with Gasteiger partial charge in [-0.2, -0.15) is 0 Å². The summed E-state index contributed by atoms with van der Waals surface area (Å²) in [5.41, 5.74) is 1.66. The second kappa shape index (κ2) is 8.53. The Morgan fingerprint density at radius 2 is 1.68 bits per heavy atom. The first kappa shape index (κ1) is 21.1. The standard InChI is InChI=1S/C25H27FN2O3/c1-4-31-21-10-8-18(9-11-21)22-23(27-14-16(2)12-17(3)15-27)25(30)28(24(22)29)20-7-5-6-19(26)13-20/h5-11,13,16-17H,4,12,14-15H2,1-3H3. The summed E-state index contributed by atoms with van der Waals surface area (Å²) < 4.78 is 19.4. The Hall–Kier alpha value is -3.15. The number of carbonyl (C=O) groups excluding carboxylic acids is 2. The van der Waals surface area contributed by atoms with Crippen LogP contribution in [0.3, 0.4) is 0 Å². The molecule has 31 heavy (non-hydrogen) atoms. The summed E-state index contributed by atoms with van der Waals surface area (Å²) in [5.74, 6) is 0.191. The zero-order chi connectivity index (χ0) is 22.1. The predicted octanol–water partition coefficient (Wildman–Crippen LogP) is 4.49. The van der Waals surface area contributed by atoms with Crippen LogP contribution in [0.2, 0.25) is 0 Å². The molecule has 2 aromatic rings. The minimum absolute atomic E-state index is 0.242. The summed E-state index contributed by atoms with van der Waals surface area (Å²) in [5, 5.41) is 0. The van der Waals surface area contributed by atoms with Crippen LogP contribution in [0.4, 0.5) is 10.1 Å². The molecule has 0 radical (unpaired) electrons. The smallest absolute Gasteiger partial charge is 0.282 e. The van der Waals surface area contributed by atoms with Gasteiger partial charge in [0.15, 0.2) is 0 Å². The van der Waals surface area contributed by atoms with Crippen molar-refractivity contribution in [3.8, 4) is 5.75 Å². The summed E-state index contributed by atoms with van der Waals surface area (Å²) in [4.78, 5) is 30.2. The van der Waals surface area contributed by atoms with E-state index < -0.39 is 17.6 Å². The van der Waals surface area contributed by atoms with Gasteiger partial charge in [-0.15, -0.1) is 0 Å². The molecule has 2 unspecified atom stereocenters. The van der Waals surface area contributed by atoms with E-state index in [0.29, 0.717) is 54.1 Å². The number of hydrogen-bond donors (Lipinski definition) is 0. The molecule has 1 fully saturated rings. The van der Waals surface area contributed by atoms with E-state index in [1.54, 1.807) is 30.3 Å². The van der Waals surface area contributed by atoms with E-state index >= 15 is 0 Å². The molecule has 162 valence electrons. The number of halogens is 1. The van der Waals surface area contributed by atoms with Gasteiger partial charge in [0.25, 0.3) is 11.8 Å². The molecular weight excluding hydrogens is 395 g/mol. The number of likely N-dealkylation sites (tertiary alicyclic amines) is 1. The Morgan fingerprint density at radius 1 is 1.00 bits per heavy atom. The van der Waals surface area contributed by atoms with Crippen molar-refractivity contribution in [2.24, 2.45) is 11.8 Å². The highest BCUT2D eigenvalue weighted by Crippen LogP contribution is 2.37. The highest BCUT2D eigenvalue weighted by molar-refractivity contribution is 6.45. The van der Waals surface area contributed by atoms with Crippen LogP contribution in [0, 0.1) is 17.7 Å². The van der Waals surface area contributed by atoms with Crippen molar-refractivity contribution in [2.45, 2.75) is 27.2 Å². The summed E-state index contributed by atoms with van der Waals surface area (Å²) in [6.45, 7) is 8.17. The molecule has 5 nitrogen and oxygen atoms in total. The average molecular weight is 423 g/mol. The molecule has 2 heterocycles. The first-order chi connectivity index (χ1) is 14.9. The highest BCUT2D eigenvalue weighted by Gasteiger charge is 2.43. The zero-order valence-corrected chi connectivity index (χ0v) is 18.1. The zero-order valence-electron chi connectivity index (χ0n) is 18.1. The molecule has 4 rings (SSSR count). The van der Waals surface area contributed by atoms with Crippen molar-refractivity contribution >= 4 is 23.1 Å². The average Bonchev–Trinajstić information content (AvgIpc) is 2.98. The van der Waals surface area contributed by atoms with Crippen LogP contribution in [-0.4, -0.2) is 36.4 Å². The van der Waals surface area contributed by atoms with Gasteiger partial charge in [0.1, 0.15) is 17.3 Å². The Balaban J connectivity index is 1.80. The SMILES string of the molecule is CCOc1ccc(C2=C(N3CC(C)CC(C)C3)C(=O)N(c3cccc(F)c3)C2=O)cc1. The summed E-state index contributed by atoms with van der Waals surface area (Å²) in [7, 11) is 0. The number of rotatable bonds is 5. The van der Waals surface area contributed by atoms with Crippen molar-refractivity contribution in [2.75, 3.05) is 24.6 Å². The molecule has 1 saturated heterocycles. The number of hydrogen-bond acceptors (Lipinski definition) is 4. The van der Waals surface area contributed by atoms with Crippen LogP contribution >= 0.6 is 0 Å². The van der Waals surface area contributed by atoms with Crippen molar-refractivity contribution in [1.82, 2.24) is 4.90 Å². The fourth-order valence-electron chi connectivity index (χ4n) is 4.65. The molecule has 2 aromatic carbocycles. The van der Waals surface area contributed by atoms with Gasteiger partial charge in [0.05, 0.1) is 17.9 Å². The van der Waals surface area contributed by atoms with Gasteiger partial charge in [-0.1, -0.05) is 32.0 Å². The topological polar surface area (TPSA) is 49.9 Å². The highest BCUT2D eigenvalue weighted by atomic mass is 19.1. The Bertz CT molecular complexity index is 1020. The molecule has 0 saturated carbocycles. The predicted molar refractivity (Wildman–Crippen MR) is 118 cm³/mol. The van der Waals surface area contributed by atoms with Crippen LogP contribution in [0.25, 0.3) is 5.57 Å². The number of anilines is 1. The summed E-state index contributed by atoms with van der Waals surface area (Å²) in [6, 6.07) is 12.8. The van der Waals surface area contributed by atoms with Crippen molar-refractivity contribution in [3.63, 3.8) is 0 Å². The number of nitrogens with zero attached hydrogens (tertiary/aromatic N) is 2.